The number of benzene rings is 1. The van der Waals surface area contributed by atoms with Gasteiger partial charge in [0, 0.05) is 36.6 Å². The number of amides is 1. The van der Waals surface area contributed by atoms with Gasteiger partial charge >= 0.3 is 0 Å². The second kappa shape index (κ2) is 5.51. The lowest BCUT2D eigenvalue weighted by molar-refractivity contribution is 0.0735. The first kappa shape index (κ1) is 12.4. The summed E-state index contributed by atoms with van der Waals surface area (Å²) in [5.41, 5.74) is 0.567. The number of hydrogen-bond acceptors (Lipinski definition) is 3. The summed E-state index contributed by atoms with van der Waals surface area (Å²) < 4.78 is 13.3. The van der Waals surface area contributed by atoms with E-state index in [9.17, 15) is 9.18 Å². The minimum Gasteiger partial charge on any atom is -0.336 e. The summed E-state index contributed by atoms with van der Waals surface area (Å²) in [5.74, 6) is -0.281. The normalized spacial score (nSPS) is 16.0. The van der Waals surface area contributed by atoms with E-state index in [4.69, 9.17) is 0 Å². The molecule has 92 valence electrons. The van der Waals surface area contributed by atoms with Crippen LogP contribution in [0, 0.1) is 5.82 Å². The summed E-state index contributed by atoms with van der Waals surface area (Å²) in [5, 5.41) is 3.19. The van der Waals surface area contributed by atoms with Crippen LogP contribution in [0.25, 0.3) is 0 Å². The second-order valence-electron chi connectivity index (χ2n) is 3.89. The van der Waals surface area contributed by atoms with Crippen molar-refractivity contribution in [3.05, 3.63) is 29.6 Å². The minimum atomic E-state index is -0.269. The Morgan fingerprint density at radius 3 is 2.76 bits per heavy atom. The van der Waals surface area contributed by atoms with Crippen molar-refractivity contribution in [2.45, 2.75) is 4.90 Å². The van der Waals surface area contributed by atoms with Gasteiger partial charge in [-0.25, -0.2) is 4.39 Å². The van der Waals surface area contributed by atoms with Crippen LogP contribution in [-0.4, -0.2) is 43.2 Å². The van der Waals surface area contributed by atoms with E-state index in [1.54, 1.807) is 23.3 Å². The van der Waals surface area contributed by atoms with E-state index >= 15 is 0 Å². The fourth-order valence-electron chi connectivity index (χ4n) is 1.84. The van der Waals surface area contributed by atoms with Crippen LogP contribution in [0.5, 0.6) is 0 Å². The van der Waals surface area contributed by atoms with Crippen LogP contribution in [0.2, 0.25) is 0 Å². The quantitative estimate of drug-likeness (QED) is 0.814. The minimum absolute atomic E-state index is 0.0122. The molecule has 0 aliphatic carbocycles. The molecule has 1 N–H and O–H groups in total. The zero-order valence-corrected chi connectivity index (χ0v) is 10.5. The third-order valence-electron chi connectivity index (χ3n) is 2.80. The topological polar surface area (TPSA) is 32.3 Å². The Morgan fingerprint density at radius 1 is 1.41 bits per heavy atom. The Hall–Kier alpha value is -1.07. The first-order valence-corrected chi connectivity index (χ1v) is 6.78. The average Bonchev–Trinajstić information content (AvgIpc) is 2.39. The molecule has 0 atom stereocenters. The fraction of sp³-hybridized carbons (Fsp3) is 0.417. The van der Waals surface area contributed by atoms with E-state index in [0.29, 0.717) is 23.5 Å². The van der Waals surface area contributed by atoms with Gasteiger partial charge in [-0.1, -0.05) is 0 Å². The second-order valence-corrected chi connectivity index (χ2v) is 4.74. The molecule has 1 saturated heterocycles. The highest BCUT2D eigenvalue weighted by molar-refractivity contribution is 7.98. The molecule has 1 aliphatic rings. The van der Waals surface area contributed by atoms with Gasteiger partial charge < -0.3 is 10.2 Å². The molecule has 1 amide bonds. The van der Waals surface area contributed by atoms with Crippen LogP contribution >= 0.6 is 11.8 Å². The Morgan fingerprint density at radius 2 is 2.12 bits per heavy atom. The van der Waals surface area contributed by atoms with Gasteiger partial charge in [-0.15, -0.1) is 11.8 Å². The lowest BCUT2D eigenvalue weighted by Crippen LogP contribution is -2.46. The molecule has 1 aromatic rings. The number of nitrogens with one attached hydrogen (secondary N) is 1. The number of piperazine rings is 1. The molecule has 0 bridgehead atoms. The Bertz CT molecular complexity index is 419. The summed E-state index contributed by atoms with van der Waals surface area (Å²) in [6.07, 6.45) is 1.80. The largest absolute Gasteiger partial charge is 0.336 e. The predicted molar refractivity (Wildman–Crippen MR) is 67.0 cm³/mol. The van der Waals surface area contributed by atoms with Gasteiger partial charge in [0.2, 0.25) is 0 Å². The zero-order valence-electron chi connectivity index (χ0n) is 9.70. The van der Waals surface area contributed by atoms with Gasteiger partial charge in [-0.05, 0) is 24.5 Å². The average molecular weight is 254 g/mol. The molecule has 0 unspecified atom stereocenters. The summed E-state index contributed by atoms with van der Waals surface area (Å²) in [6, 6.07) is 4.55. The molecular weight excluding hydrogens is 239 g/mol. The third kappa shape index (κ3) is 2.79. The third-order valence-corrected chi connectivity index (χ3v) is 3.55. The summed E-state index contributed by atoms with van der Waals surface area (Å²) in [7, 11) is 0. The van der Waals surface area contributed by atoms with Crippen LogP contribution in [0.15, 0.2) is 23.1 Å². The molecule has 0 saturated carbocycles. The van der Waals surface area contributed by atoms with Gasteiger partial charge in [0.15, 0.2) is 0 Å². The standard InChI is InChI=1S/C12H15FN2OS/c1-17-11-8-9(2-3-10(11)13)12(16)15-6-4-14-5-7-15/h2-3,8,14H,4-7H2,1H3. The SMILES string of the molecule is CSc1cc(C(=O)N2CCNCC2)ccc1F. The van der Waals surface area contributed by atoms with Crippen molar-refractivity contribution < 1.29 is 9.18 Å². The number of halogens is 1. The number of carbonyl (C=O) groups is 1. The smallest absolute Gasteiger partial charge is 0.253 e. The first-order chi connectivity index (χ1) is 8.22. The number of hydrogen-bond donors (Lipinski definition) is 1. The predicted octanol–water partition coefficient (Wildman–Crippen LogP) is 1.59. The maximum absolute atomic E-state index is 13.3. The molecule has 1 aliphatic heterocycles. The highest BCUT2D eigenvalue weighted by Gasteiger charge is 2.18. The van der Waals surface area contributed by atoms with E-state index < -0.39 is 0 Å². The van der Waals surface area contributed by atoms with Crippen LogP contribution in [0.4, 0.5) is 4.39 Å². The maximum Gasteiger partial charge on any atom is 0.253 e. The molecule has 5 heteroatoms. The highest BCUT2D eigenvalue weighted by Crippen LogP contribution is 2.21. The molecule has 3 nitrogen and oxygen atoms in total. The van der Waals surface area contributed by atoms with Gasteiger partial charge in [0.25, 0.3) is 5.91 Å². The molecule has 1 heterocycles. The Labute approximate surface area is 104 Å². The molecule has 1 fully saturated rings. The lowest BCUT2D eigenvalue weighted by Gasteiger charge is -2.27. The maximum atomic E-state index is 13.3. The molecule has 17 heavy (non-hydrogen) atoms. The first-order valence-electron chi connectivity index (χ1n) is 5.56. The Balaban J connectivity index is 2.18. The van der Waals surface area contributed by atoms with Crippen molar-refractivity contribution in [3.8, 4) is 0 Å². The molecular formula is C12H15FN2OS. The van der Waals surface area contributed by atoms with E-state index in [1.807, 2.05) is 0 Å². The summed E-state index contributed by atoms with van der Waals surface area (Å²) in [6.45, 7) is 3.07. The highest BCUT2D eigenvalue weighted by atomic mass is 32.2. The Kier molecular flexibility index (Phi) is 4.02. The van der Waals surface area contributed by atoms with Gasteiger partial charge in [0.05, 0.1) is 0 Å². The fourth-order valence-corrected chi connectivity index (χ4v) is 2.35. The van der Waals surface area contributed by atoms with E-state index in [1.165, 1.54) is 17.8 Å². The zero-order chi connectivity index (χ0) is 12.3. The van der Waals surface area contributed by atoms with E-state index in [-0.39, 0.29) is 11.7 Å². The summed E-state index contributed by atoms with van der Waals surface area (Å²) in [4.78, 5) is 14.5. The van der Waals surface area contributed by atoms with Crippen molar-refractivity contribution in [3.63, 3.8) is 0 Å². The van der Waals surface area contributed by atoms with Crippen LogP contribution in [0.1, 0.15) is 10.4 Å². The number of nitrogens with zero attached hydrogens (tertiary/aromatic N) is 1. The van der Waals surface area contributed by atoms with Gasteiger partial charge in [-0.3, -0.25) is 4.79 Å². The number of rotatable bonds is 2. The van der Waals surface area contributed by atoms with Gasteiger partial charge in [-0.2, -0.15) is 0 Å². The van der Waals surface area contributed by atoms with E-state index in [0.717, 1.165) is 13.1 Å². The molecule has 2 rings (SSSR count). The molecule has 0 radical (unpaired) electrons. The number of thioether (sulfide) groups is 1. The van der Waals surface area contributed by atoms with Crippen LogP contribution in [0.3, 0.4) is 0 Å². The molecule has 0 spiro atoms. The number of carbonyl (C=O) groups excluding carboxylic acids is 1. The molecule has 0 aromatic heterocycles. The van der Waals surface area contributed by atoms with Gasteiger partial charge in [0.1, 0.15) is 5.82 Å². The van der Waals surface area contributed by atoms with Crippen LogP contribution < -0.4 is 5.32 Å². The lowest BCUT2D eigenvalue weighted by atomic mass is 10.2. The van der Waals surface area contributed by atoms with Crippen molar-refractivity contribution >= 4 is 17.7 Å². The van der Waals surface area contributed by atoms with E-state index in [2.05, 4.69) is 5.32 Å². The van der Waals surface area contributed by atoms with Crippen LogP contribution in [-0.2, 0) is 0 Å². The monoisotopic (exact) mass is 254 g/mol. The van der Waals surface area contributed by atoms with Crippen molar-refractivity contribution in [2.24, 2.45) is 0 Å². The van der Waals surface area contributed by atoms with Crippen molar-refractivity contribution in [1.29, 1.82) is 0 Å². The molecule has 1 aromatic carbocycles. The van der Waals surface area contributed by atoms with Crippen molar-refractivity contribution in [1.82, 2.24) is 10.2 Å². The summed E-state index contributed by atoms with van der Waals surface area (Å²) >= 11 is 1.32. The van der Waals surface area contributed by atoms with Crippen molar-refractivity contribution in [2.75, 3.05) is 32.4 Å².